The molecule has 0 aromatic heterocycles. The third-order valence-electron chi connectivity index (χ3n) is 5.09. The maximum atomic E-state index is 13.3. The van der Waals surface area contributed by atoms with E-state index < -0.39 is 0 Å². The molecule has 1 unspecified atom stereocenters. The van der Waals surface area contributed by atoms with Crippen molar-refractivity contribution < 1.29 is 18.7 Å². The number of hydrazone groups is 1. The van der Waals surface area contributed by atoms with E-state index in [2.05, 4.69) is 10.4 Å². The highest BCUT2D eigenvalue weighted by atomic mass is 19.1. The fourth-order valence-corrected chi connectivity index (χ4v) is 3.36. The van der Waals surface area contributed by atoms with Gasteiger partial charge in [0, 0.05) is 20.0 Å². The molecule has 0 spiro atoms. The van der Waals surface area contributed by atoms with Gasteiger partial charge in [-0.1, -0.05) is 31.2 Å². The largest absolute Gasteiger partial charge is 0.497 e. The van der Waals surface area contributed by atoms with Gasteiger partial charge in [-0.3, -0.25) is 4.79 Å². The van der Waals surface area contributed by atoms with Crippen LogP contribution in [0.4, 0.5) is 9.18 Å². The number of rotatable bonds is 7. The molecule has 1 heterocycles. The molecular weight excluding hydrogens is 399 g/mol. The molecule has 31 heavy (non-hydrogen) atoms. The summed E-state index contributed by atoms with van der Waals surface area (Å²) in [6.07, 6.45) is 1.29. The highest BCUT2D eigenvalue weighted by molar-refractivity contribution is 6.03. The summed E-state index contributed by atoms with van der Waals surface area (Å²) >= 11 is 0. The first-order valence-corrected chi connectivity index (χ1v) is 10.2. The Hall–Kier alpha value is -3.42. The minimum Gasteiger partial charge on any atom is -0.497 e. The first kappa shape index (κ1) is 22.3. The summed E-state index contributed by atoms with van der Waals surface area (Å²) in [7, 11) is 3.17. The predicted molar refractivity (Wildman–Crippen MR) is 116 cm³/mol. The molecule has 0 radical (unpaired) electrons. The van der Waals surface area contributed by atoms with E-state index in [4.69, 9.17) is 4.74 Å². The van der Waals surface area contributed by atoms with Gasteiger partial charge >= 0.3 is 6.03 Å². The van der Waals surface area contributed by atoms with E-state index >= 15 is 0 Å². The van der Waals surface area contributed by atoms with Gasteiger partial charge in [-0.2, -0.15) is 5.10 Å². The minimum atomic E-state index is -0.332. The molecule has 0 saturated heterocycles. The number of benzene rings is 2. The zero-order valence-electron chi connectivity index (χ0n) is 18.0. The van der Waals surface area contributed by atoms with Crippen LogP contribution in [0.1, 0.15) is 36.9 Å². The normalized spacial score (nSPS) is 15.4. The van der Waals surface area contributed by atoms with Crippen LogP contribution in [-0.2, 0) is 4.79 Å². The smallest absolute Gasteiger partial charge is 0.317 e. The number of urea groups is 1. The van der Waals surface area contributed by atoms with E-state index in [-0.39, 0.29) is 30.3 Å². The number of ether oxygens (including phenoxy) is 1. The molecule has 2 aromatic rings. The van der Waals surface area contributed by atoms with Crippen molar-refractivity contribution in [3.05, 3.63) is 65.5 Å². The third-order valence-corrected chi connectivity index (χ3v) is 5.09. The Morgan fingerprint density at radius 3 is 2.48 bits per heavy atom. The maximum absolute atomic E-state index is 13.3. The van der Waals surface area contributed by atoms with Gasteiger partial charge in [0.25, 0.3) is 5.91 Å². The van der Waals surface area contributed by atoms with Crippen molar-refractivity contribution in [2.75, 3.05) is 27.2 Å². The van der Waals surface area contributed by atoms with Crippen LogP contribution in [0.2, 0.25) is 0 Å². The van der Waals surface area contributed by atoms with Crippen molar-refractivity contribution in [3.8, 4) is 5.75 Å². The lowest BCUT2D eigenvalue weighted by Gasteiger charge is -2.25. The molecule has 8 heteroatoms. The number of carbonyl (C=O) groups excluding carboxylic acids is 2. The summed E-state index contributed by atoms with van der Waals surface area (Å²) in [6.45, 7) is 2.39. The number of halogens is 1. The topological polar surface area (TPSA) is 74.2 Å². The molecule has 0 bridgehead atoms. The van der Waals surface area contributed by atoms with Gasteiger partial charge < -0.3 is 15.0 Å². The van der Waals surface area contributed by atoms with Gasteiger partial charge in [-0.25, -0.2) is 14.2 Å². The lowest BCUT2D eigenvalue weighted by atomic mass is 9.98. The molecule has 0 fully saturated rings. The van der Waals surface area contributed by atoms with Crippen LogP contribution in [-0.4, -0.2) is 54.8 Å². The third kappa shape index (κ3) is 5.39. The summed E-state index contributed by atoms with van der Waals surface area (Å²) in [4.78, 5) is 26.6. The zero-order chi connectivity index (χ0) is 22.4. The number of nitrogens with zero attached hydrogens (tertiary/aromatic N) is 3. The van der Waals surface area contributed by atoms with E-state index in [1.165, 1.54) is 22.0 Å². The predicted octanol–water partition coefficient (Wildman–Crippen LogP) is 3.56. The molecule has 0 aliphatic carbocycles. The monoisotopic (exact) mass is 426 g/mol. The van der Waals surface area contributed by atoms with Crippen LogP contribution in [0, 0.1) is 5.82 Å². The van der Waals surface area contributed by atoms with Crippen LogP contribution in [0.5, 0.6) is 5.75 Å². The number of hydrogen-bond acceptors (Lipinski definition) is 4. The molecule has 3 amide bonds. The van der Waals surface area contributed by atoms with Crippen molar-refractivity contribution in [2.45, 2.75) is 25.8 Å². The van der Waals surface area contributed by atoms with Crippen molar-refractivity contribution in [1.82, 2.24) is 15.2 Å². The minimum absolute atomic E-state index is 0.109. The first-order chi connectivity index (χ1) is 14.9. The van der Waals surface area contributed by atoms with E-state index in [0.29, 0.717) is 24.4 Å². The Morgan fingerprint density at radius 2 is 1.87 bits per heavy atom. The van der Waals surface area contributed by atoms with Crippen LogP contribution in [0.3, 0.4) is 0 Å². The summed E-state index contributed by atoms with van der Waals surface area (Å²) in [5.41, 5.74) is 2.34. The molecule has 1 aliphatic rings. The number of carbonyl (C=O) groups is 2. The van der Waals surface area contributed by atoms with Crippen molar-refractivity contribution in [3.63, 3.8) is 0 Å². The Labute approximate surface area is 181 Å². The van der Waals surface area contributed by atoms with Crippen LogP contribution >= 0.6 is 0 Å². The molecular formula is C23H27FN4O3. The second-order valence-corrected chi connectivity index (χ2v) is 7.37. The van der Waals surface area contributed by atoms with Crippen LogP contribution < -0.4 is 10.1 Å². The van der Waals surface area contributed by atoms with Crippen LogP contribution in [0.25, 0.3) is 0 Å². The summed E-state index contributed by atoms with van der Waals surface area (Å²) in [6, 6.07) is 12.9. The summed E-state index contributed by atoms with van der Waals surface area (Å²) < 4.78 is 18.6. The lowest BCUT2D eigenvalue weighted by molar-refractivity contribution is -0.133. The van der Waals surface area contributed by atoms with E-state index in [1.54, 1.807) is 26.3 Å². The Kier molecular flexibility index (Phi) is 7.23. The molecule has 1 N–H and O–H groups in total. The molecule has 1 atom stereocenters. The fraction of sp³-hybridized carbons (Fsp3) is 0.348. The van der Waals surface area contributed by atoms with Gasteiger partial charge in [0.1, 0.15) is 18.1 Å². The average molecular weight is 426 g/mol. The second-order valence-electron chi connectivity index (χ2n) is 7.37. The first-order valence-electron chi connectivity index (χ1n) is 10.2. The standard InChI is InChI=1S/C23H27FN4O3/c1-4-13-25-23(30)27(2)15-22(29)28-21(17-7-11-19(31-3)12-8-17)14-20(26-28)16-5-9-18(24)10-6-16/h5-12,21H,4,13-15H2,1-3H3,(H,25,30). The fourth-order valence-electron chi connectivity index (χ4n) is 3.36. The van der Waals surface area contributed by atoms with Gasteiger partial charge in [-0.05, 0) is 41.8 Å². The van der Waals surface area contributed by atoms with Crippen molar-refractivity contribution >= 4 is 17.6 Å². The molecule has 164 valence electrons. The lowest BCUT2D eigenvalue weighted by Crippen LogP contribution is -2.43. The maximum Gasteiger partial charge on any atom is 0.317 e. The Morgan fingerprint density at radius 1 is 1.19 bits per heavy atom. The molecule has 2 aromatic carbocycles. The zero-order valence-corrected chi connectivity index (χ0v) is 18.0. The summed E-state index contributed by atoms with van der Waals surface area (Å²) in [5.74, 6) is 0.0837. The second kappa shape index (κ2) is 10.1. The average Bonchev–Trinajstić information content (AvgIpc) is 3.23. The van der Waals surface area contributed by atoms with E-state index in [9.17, 15) is 14.0 Å². The number of amides is 3. The Balaban J connectivity index is 1.84. The van der Waals surface area contributed by atoms with Crippen molar-refractivity contribution in [1.29, 1.82) is 0 Å². The summed E-state index contributed by atoms with van der Waals surface area (Å²) in [5, 5.41) is 8.73. The molecule has 7 nitrogen and oxygen atoms in total. The molecule has 3 rings (SSSR count). The van der Waals surface area contributed by atoms with Crippen LogP contribution in [0.15, 0.2) is 53.6 Å². The van der Waals surface area contributed by atoms with Crippen molar-refractivity contribution in [2.24, 2.45) is 5.10 Å². The number of hydrogen-bond donors (Lipinski definition) is 1. The van der Waals surface area contributed by atoms with E-state index in [1.807, 2.05) is 31.2 Å². The highest BCUT2D eigenvalue weighted by Gasteiger charge is 2.34. The molecule has 1 aliphatic heterocycles. The van der Waals surface area contributed by atoms with Gasteiger partial charge in [0.05, 0.1) is 18.9 Å². The highest BCUT2D eigenvalue weighted by Crippen LogP contribution is 2.33. The SMILES string of the molecule is CCCNC(=O)N(C)CC(=O)N1N=C(c2ccc(F)cc2)CC1c1ccc(OC)cc1. The van der Waals surface area contributed by atoms with Gasteiger partial charge in [0.15, 0.2) is 0 Å². The number of methoxy groups -OCH3 is 1. The van der Waals surface area contributed by atoms with E-state index in [0.717, 1.165) is 17.5 Å². The number of likely N-dealkylation sites (N-methyl/N-ethyl adjacent to an activating group) is 1. The quantitative estimate of drug-likeness (QED) is 0.736. The van der Waals surface area contributed by atoms with Gasteiger partial charge in [-0.15, -0.1) is 0 Å². The van der Waals surface area contributed by atoms with Gasteiger partial charge in [0.2, 0.25) is 0 Å². The Bertz CT molecular complexity index is 944. The molecule has 0 saturated carbocycles. The number of nitrogens with one attached hydrogen (secondary N) is 1.